The van der Waals surface area contributed by atoms with Gasteiger partial charge in [-0.2, -0.15) is 0 Å². The van der Waals surface area contributed by atoms with E-state index in [-0.39, 0.29) is 29.9 Å². The summed E-state index contributed by atoms with van der Waals surface area (Å²) in [4.78, 5) is 27.7. The Morgan fingerprint density at radius 1 is 1.03 bits per heavy atom. The van der Waals surface area contributed by atoms with Crippen LogP contribution in [0, 0.1) is 0 Å². The lowest BCUT2D eigenvalue weighted by atomic mass is 9.86. The molecule has 33 heavy (non-hydrogen) atoms. The van der Waals surface area contributed by atoms with Crippen molar-refractivity contribution < 1.29 is 19.1 Å². The normalized spacial score (nSPS) is 13.1. The molecule has 0 saturated carbocycles. The van der Waals surface area contributed by atoms with E-state index < -0.39 is 6.04 Å². The summed E-state index contributed by atoms with van der Waals surface area (Å²) in [5.74, 6) is 0.989. The molecule has 0 aliphatic heterocycles. The van der Waals surface area contributed by atoms with E-state index in [2.05, 4.69) is 26.1 Å². The van der Waals surface area contributed by atoms with Gasteiger partial charge in [-0.1, -0.05) is 58.0 Å². The van der Waals surface area contributed by atoms with Crippen molar-refractivity contribution in [1.29, 1.82) is 0 Å². The molecule has 2 aromatic carbocycles. The van der Waals surface area contributed by atoms with Crippen molar-refractivity contribution in [2.75, 3.05) is 13.7 Å². The maximum atomic E-state index is 13.3. The molecule has 2 atom stereocenters. The molecular formula is C27H38N2O4. The van der Waals surface area contributed by atoms with Gasteiger partial charge in [-0.3, -0.25) is 9.59 Å². The maximum Gasteiger partial charge on any atom is 0.261 e. The fraction of sp³-hybridized carbons (Fsp3) is 0.481. The lowest BCUT2D eigenvalue weighted by Gasteiger charge is -2.30. The Morgan fingerprint density at radius 3 is 2.24 bits per heavy atom. The van der Waals surface area contributed by atoms with Crippen molar-refractivity contribution in [2.45, 2.75) is 72.0 Å². The minimum Gasteiger partial charge on any atom is -0.497 e. The zero-order valence-electron chi connectivity index (χ0n) is 21.0. The van der Waals surface area contributed by atoms with Crippen molar-refractivity contribution in [3.05, 3.63) is 59.7 Å². The van der Waals surface area contributed by atoms with Crippen LogP contribution in [0.4, 0.5) is 0 Å². The predicted octanol–water partition coefficient (Wildman–Crippen LogP) is 4.70. The molecule has 0 saturated heterocycles. The van der Waals surface area contributed by atoms with Gasteiger partial charge < -0.3 is 19.7 Å². The molecule has 0 aliphatic rings. The number of nitrogens with zero attached hydrogens (tertiary/aromatic N) is 1. The Balaban J connectivity index is 2.22. The van der Waals surface area contributed by atoms with Gasteiger partial charge >= 0.3 is 0 Å². The minimum atomic E-state index is -0.643. The van der Waals surface area contributed by atoms with Crippen LogP contribution in [0.3, 0.4) is 0 Å². The number of amides is 2. The Hall–Kier alpha value is -3.02. The van der Waals surface area contributed by atoms with Gasteiger partial charge in [0.05, 0.1) is 7.11 Å². The van der Waals surface area contributed by atoms with Crippen molar-refractivity contribution >= 4 is 11.8 Å². The van der Waals surface area contributed by atoms with Gasteiger partial charge in [0.2, 0.25) is 5.91 Å². The zero-order chi connectivity index (χ0) is 24.6. The number of carbonyl (C=O) groups excluding carboxylic acids is 2. The molecule has 6 nitrogen and oxygen atoms in total. The maximum absolute atomic E-state index is 13.3. The van der Waals surface area contributed by atoms with Gasteiger partial charge in [-0.25, -0.2) is 0 Å². The molecule has 0 bridgehead atoms. The first-order chi connectivity index (χ1) is 15.6. The summed E-state index contributed by atoms with van der Waals surface area (Å²) < 4.78 is 11.2. The number of para-hydroxylation sites is 1. The van der Waals surface area contributed by atoms with E-state index in [1.807, 2.05) is 62.4 Å². The molecule has 0 fully saturated rings. The van der Waals surface area contributed by atoms with Gasteiger partial charge in [0.15, 0.2) is 6.61 Å². The third-order valence-corrected chi connectivity index (χ3v) is 5.73. The van der Waals surface area contributed by atoms with Crippen molar-refractivity contribution in [3.8, 4) is 11.5 Å². The summed E-state index contributed by atoms with van der Waals surface area (Å²) >= 11 is 0. The summed E-state index contributed by atoms with van der Waals surface area (Å²) in [6, 6.07) is 14.6. The number of carbonyl (C=O) groups is 2. The molecule has 0 spiro atoms. The van der Waals surface area contributed by atoms with Crippen LogP contribution in [-0.4, -0.2) is 42.5 Å². The second-order valence-electron chi connectivity index (χ2n) is 9.40. The number of rotatable bonds is 10. The van der Waals surface area contributed by atoms with Crippen LogP contribution in [0.1, 0.15) is 59.1 Å². The van der Waals surface area contributed by atoms with Crippen molar-refractivity contribution in [1.82, 2.24) is 10.2 Å². The first kappa shape index (κ1) is 26.2. The lowest BCUT2D eigenvalue weighted by molar-refractivity contribution is -0.142. The topological polar surface area (TPSA) is 67.9 Å². The van der Waals surface area contributed by atoms with Crippen LogP contribution in [0.5, 0.6) is 11.5 Å². The summed E-state index contributed by atoms with van der Waals surface area (Å²) in [5, 5.41) is 2.98. The molecule has 2 rings (SSSR count). The third kappa shape index (κ3) is 7.52. The van der Waals surface area contributed by atoms with E-state index in [0.717, 1.165) is 23.3 Å². The van der Waals surface area contributed by atoms with E-state index in [0.29, 0.717) is 12.3 Å². The lowest BCUT2D eigenvalue weighted by Crippen LogP contribution is -2.50. The molecule has 0 unspecified atom stereocenters. The van der Waals surface area contributed by atoms with Crippen molar-refractivity contribution in [2.24, 2.45) is 0 Å². The highest BCUT2D eigenvalue weighted by atomic mass is 16.5. The van der Waals surface area contributed by atoms with E-state index in [9.17, 15) is 9.59 Å². The number of hydrogen-bond acceptors (Lipinski definition) is 4. The van der Waals surface area contributed by atoms with Crippen LogP contribution < -0.4 is 14.8 Å². The standard InChI is InChI=1S/C27H38N2O4/c1-8-19(2)28-26(31)20(3)29(17-21-13-15-22(32-7)16-14-21)25(30)18-33-24-12-10-9-11-23(24)27(4,5)6/h9-16,19-20H,8,17-18H2,1-7H3,(H,28,31)/t19-,20-/m0/s1. The molecular weight excluding hydrogens is 416 g/mol. The Kier molecular flexibility index (Phi) is 9.32. The number of benzene rings is 2. The van der Waals surface area contributed by atoms with E-state index in [1.165, 1.54) is 0 Å². The summed E-state index contributed by atoms with van der Waals surface area (Å²) in [6.45, 7) is 12.2. The predicted molar refractivity (Wildman–Crippen MR) is 132 cm³/mol. The molecule has 180 valence electrons. The molecule has 6 heteroatoms. The van der Waals surface area contributed by atoms with E-state index in [4.69, 9.17) is 9.47 Å². The molecule has 0 heterocycles. The molecule has 2 aromatic rings. The highest BCUT2D eigenvalue weighted by molar-refractivity contribution is 5.88. The number of nitrogens with one attached hydrogen (secondary N) is 1. The SMILES string of the molecule is CC[C@H](C)NC(=O)[C@H](C)N(Cc1ccc(OC)cc1)C(=O)COc1ccccc1C(C)(C)C. The molecule has 1 N–H and O–H groups in total. The Morgan fingerprint density at radius 2 is 1.67 bits per heavy atom. The monoisotopic (exact) mass is 454 g/mol. The zero-order valence-corrected chi connectivity index (χ0v) is 21.0. The fourth-order valence-electron chi connectivity index (χ4n) is 3.41. The van der Waals surface area contributed by atoms with Crippen LogP contribution >= 0.6 is 0 Å². The average molecular weight is 455 g/mol. The number of ether oxygens (including phenoxy) is 2. The first-order valence-corrected chi connectivity index (χ1v) is 11.5. The second kappa shape index (κ2) is 11.7. The molecule has 0 aromatic heterocycles. The van der Waals surface area contributed by atoms with Gasteiger partial charge in [-0.05, 0) is 55.0 Å². The van der Waals surface area contributed by atoms with Crippen LogP contribution in [0.25, 0.3) is 0 Å². The molecule has 2 amide bonds. The van der Waals surface area contributed by atoms with Gasteiger partial charge in [-0.15, -0.1) is 0 Å². The van der Waals surface area contributed by atoms with Crippen LogP contribution in [-0.2, 0) is 21.5 Å². The average Bonchev–Trinajstić information content (AvgIpc) is 2.80. The number of methoxy groups -OCH3 is 1. The van der Waals surface area contributed by atoms with Crippen molar-refractivity contribution in [3.63, 3.8) is 0 Å². The van der Waals surface area contributed by atoms with E-state index in [1.54, 1.807) is 18.9 Å². The molecule has 0 aliphatic carbocycles. The first-order valence-electron chi connectivity index (χ1n) is 11.5. The van der Waals surface area contributed by atoms with E-state index >= 15 is 0 Å². The highest BCUT2D eigenvalue weighted by Crippen LogP contribution is 2.31. The Bertz CT molecular complexity index is 918. The molecule has 0 radical (unpaired) electrons. The smallest absolute Gasteiger partial charge is 0.261 e. The second-order valence-corrected chi connectivity index (χ2v) is 9.40. The third-order valence-electron chi connectivity index (χ3n) is 5.73. The van der Waals surface area contributed by atoms with Gasteiger partial charge in [0.1, 0.15) is 17.5 Å². The quantitative estimate of drug-likeness (QED) is 0.565. The number of hydrogen-bond donors (Lipinski definition) is 1. The summed E-state index contributed by atoms with van der Waals surface area (Å²) in [7, 11) is 1.61. The highest BCUT2D eigenvalue weighted by Gasteiger charge is 2.28. The van der Waals surface area contributed by atoms with Gasteiger partial charge in [0.25, 0.3) is 5.91 Å². The summed E-state index contributed by atoms with van der Waals surface area (Å²) in [6.07, 6.45) is 0.817. The van der Waals surface area contributed by atoms with Crippen LogP contribution in [0.15, 0.2) is 48.5 Å². The largest absolute Gasteiger partial charge is 0.497 e. The van der Waals surface area contributed by atoms with Crippen LogP contribution in [0.2, 0.25) is 0 Å². The summed E-state index contributed by atoms with van der Waals surface area (Å²) in [5.41, 5.74) is 1.82. The fourth-order valence-corrected chi connectivity index (χ4v) is 3.41. The van der Waals surface area contributed by atoms with Gasteiger partial charge in [0, 0.05) is 12.6 Å². The Labute approximate surface area is 198 Å². The minimum absolute atomic E-state index is 0.0350.